The zero-order valence-corrected chi connectivity index (χ0v) is 17.4. The van der Waals surface area contributed by atoms with Gasteiger partial charge in [-0.25, -0.2) is 19.3 Å². The van der Waals surface area contributed by atoms with Gasteiger partial charge in [-0.15, -0.1) is 0 Å². The van der Waals surface area contributed by atoms with Crippen LogP contribution >= 0.6 is 0 Å². The van der Waals surface area contributed by atoms with Crippen molar-refractivity contribution in [2.75, 3.05) is 20.0 Å². The number of halogens is 1. The van der Waals surface area contributed by atoms with Crippen LogP contribution in [-0.4, -0.2) is 40.0 Å². The van der Waals surface area contributed by atoms with Gasteiger partial charge in [-0.3, -0.25) is 0 Å². The van der Waals surface area contributed by atoms with Crippen LogP contribution in [0.5, 0.6) is 11.6 Å². The molecular formula is C22H22FN5O3. The summed E-state index contributed by atoms with van der Waals surface area (Å²) in [7, 11) is 3.11. The number of aromatic nitrogens is 4. The molecule has 0 saturated heterocycles. The molecule has 160 valence electrons. The Morgan fingerprint density at radius 1 is 1.13 bits per heavy atom. The summed E-state index contributed by atoms with van der Waals surface area (Å²) in [5.74, 6) is 0.179. The Morgan fingerprint density at radius 2 is 1.94 bits per heavy atom. The van der Waals surface area contributed by atoms with Crippen molar-refractivity contribution in [3.8, 4) is 22.8 Å². The van der Waals surface area contributed by atoms with Gasteiger partial charge in [0.15, 0.2) is 17.9 Å². The molecule has 0 fully saturated rings. The number of fused-ring (bicyclic) bond motifs is 1. The SMILES string of the molecule is COC(Cn1cc(-c2ccc(Oc3cccc(C)n3)c(F)c2)c2c(N)ncnc21)OC. The summed E-state index contributed by atoms with van der Waals surface area (Å²) in [5, 5.41) is 0.627. The topological polar surface area (TPSA) is 97.3 Å². The molecule has 0 amide bonds. The number of nitrogens with zero attached hydrogens (tertiary/aromatic N) is 4. The van der Waals surface area contributed by atoms with Crippen LogP contribution in [0, 0.1) is 12.7 Å². The molecule has 8 nitrogen and oxygen atoms in total. The van der Waals surface area contributed by atoms with E-state index in [0.29, 0.717) is 40.4 Å². The van der Waals surface area contributed by atoms with Crippen molar-refractivity contribution in [1.29, 1.82) is 0 Å². The Labute approximate surface area is 178 Å². The minimum Gasteiger partial charge on any atom is -0.436 e. The van der Waals surface area contributed by atoms with Gasteiger partial charge in [-0.1, -0.05) is 12.1 Å². The Bertz CT molecular complexity index is 1220. The van der Waals surface area contributed by atoms with Gasteiger partial charge in [-0.2, -0.15) is 0 Å². The normalized spacial score (nSPS) is 11.4. The lowest BCUT2D eigenvalue weighted by Gasteiger charge is -2.14. The number of aryl methyl sites for hydroxylation is 1. The molecule has 4 aromatic rings. The second-order valence-corrected chi connectivity index (χ2v) is 6.92. The fourth-order valence-electron chi connectivity index (χ4n) is 3.35. The van der Waals surface area contributed by atoms with E-state index in [1.165, 1.54) is 12.4 Å². The number of pyridine rings is 1. The van der Waals surface area contributed by atoms with E-state index in [1.807, 2.05) is 23.8 Å². The molecule has 2 N–H and O–H groups in total. The lowest BCUT2D eigenvalue weighted by Crippen LogP contribution is -2.20. The summed E-state index contributed by atoms with van der Waals surface area (Å²) < 4.78 is 32.9. The molecule has 0 radical (unpaired) electrons. The number of ether oxygens (including phenoxy) is 3. The molecule has 31 heavy (non-hydrogen) atoms. The molecule has 0 unspecified atom stereocenters. The smallest absolute Gasteiger partial charge is 0.219 e. The molecule has 0 aliphatic carbocycles. The third-order valence-corrected chi connectivity index (χ3v) is 4.87. The predicted octanol–water partition coefficient (Wildman–Crippen LogP) is 3.93. The molecule has 0 aliphatic heterocycles. The van der Waals surface area contributed by atoms with Crippen LogP contribution < -0.4 is 10.5 Å². The second-order valence-electron chi connectivity index (χ2n) is 6.92. The van der Waals surface area contributed by atoms with E-state index in [4.69, 9.17) is 19.9 Å². The van der Waals surface area contributed by atoms with E-state index in [9.17, 15) is 4.39 Å². The molecule has 9 heteroatoms. The third-order valence-electron chi connectivity index (χ3n) is 4.87. The molecule has 0 bridgehead atoms. The first kappa shape index (κ1) is 20.7. The van der Waals surface area contributed by atoms with Gasteiger partial charge < -0.3 is 24.5 Å². The maximum atomic E-state index is 14.9. The van der Waals surface area contributed by atoms with Crippen LogP contribution in [0.1, 0.15) is 5.69 Å². The number of hydrogen-bond donors (Lipinski definition) is 1. The van der Waals surface area contributed by atoms with Crippen LogP contribution in [0.15, 0.2) is 48.9 Å². The number of nitrogens with two attached hydrogens (primary N) is 1. The van der Waals surface area contributed by atoms with Gasteiger partial charge in [0.1, 0.15) is 17.8 Å². The highest BCUT2D eigenvalue weighted by molar-refractivity contribution is 6.00. The Hall–Kier alpha value is -3.56. The molecule has 0 atom stereocenters. The lowest BCUT2D eigenvalue weighted by molar-refractivity contribution is -0.110. The van der Waals surface area contributed by atoms with Crippen molar-refractivity contribution in [2.45, 2.75) is 19.8 Å². The minimum atomic E-state index is -0.524. The third kappa shape index (κ3) is 4.18. The van der Waals surface area contributed by atoms with Gasteiger partial charge in [0.2, 0.25) is 5.88 Å². The fraction of sp³-hybridized carbons (Fsp3) is 0.227. The van der Waals surface area contributed by atoms with Gasteiger partial charge >= 0.3 is 0 Å². The summed E-state index contributed by atoms with van der Waals surface area (Å²) in [6.07, 6.45) is 2.74. The van der Waals surface area contributed by atoms with Crippen LogP contribution in [-0.2, 0) is 16.0 Å². The quantitative estimate of drug-likeness (QED) is 0.450. The number of methoxy groups -OCH3 is 2. The summed E-state index contributed by atoms with van der Waals surface area (Å²) in [4.78, 5) is 12.7. The second kappa shape index (κ2) is 8.66. The molecule has 3 aromatic heterocycles. The zero-order chi connectivity index (χ0) is 22.0. The van der Waals surface area contributed by atoms with E-state index in [2.05, 4.69) is 15.0 Å². The van der Waals surface area contributed by atoms with Gasteiger partial charge in [-0.05, 0) is 30.7 Å². The number of hydrogen-bond acceptors (Lipinski definition) is 7. The fourth-order valence-corrected chi connectivity index (χ4v) is 3.35. The van der Waals surface area contributed by atoms with E-state index in [0.717, 1.165) is 5.69 Å². The van der Waals surface area contributed by atoms with Crippen molar-refractivity contribution in [1.82, 2.24) is 19.5 Å². The number of nitrogen functional groups attached to an aromatic ring is 1. The number of anilines is 1. The molecule has 3 heterocycles. The van der Waals surface area contributed by atoms with Crippen LogP contribution in [0.25, 0.3) is 22.2 Å². The van der Waals surface area contributed by atoms with Crippen molar-refractivity contribution in [3.05, 3.63) is 60.4 Å². The largest absolute Gasteiger partial charge is 0.436 e. The summed E-state index contributed by atoms with van der Waals surface area (Å²) in [5.41, 5.74) is 8.82. The van der Waals surface area contributed by atoms with E-state index in [1.54, 1.807) is 38.5 Å². The first-order chi connectivity index (χ1) is 15.0. The molecular weight excluding hydrogens is 401 g/mol. The molecule has 4 rings (SSSR count). The Kier molecular flexibility index (Phi) is 5.79. The Morgan fingerprint density at radius 3 is 2.65 bits per heavy atom. The van der Waals surface area contributed by atoms with E-state index in [-0.39, 0.29) is 5.75 Å². The first-order valence-electron chi connectivity index (χ1n) is 9.56. The van der Waals surface area contributed by atoms with Gasteiger partial charge in [0.05, 0.1) is 11.9 Å². The highest BCUT2D eigenvalue weighted by atomic mass is 19.1. The standard InChI is InChI=1S/C22H22FN5O3/c1-13-5-4-6-18(27-13)31-17-8-7-14(9-16(17)23)15-10-28(11-19(29-2)30-3)22-20(15)21(24)25-12-26-22/h4-10,12,19H,11H2,1-3H3,(H2,24,25,26). The van der Waals surface area contributed by atoms with Crippen LogP contribution in [0.2, 0.25) is 0 Å². The van der Waals surface area contributed by atoms with E-state index >= 15 is 0 Å². The average Bonchev–Trinajstić information content (AvgIpc) is 3.13. The predicted molar refractivity (Wildman–Crippen MR) is 114 cm³/mol. The van der Waals surface area contributed by atoms with Gasteiger partial charge in [0.25, 0.3) is 0 Å². The molecule has 1 aromatic carbocycles. The summed E-state index contributed by atoms with van der Waals surface area (Å²) in [6, 6.07) is 10.0. The number of benzene rings is 1. The van der Waals surface area contributed by atoms with Crippen molar-refractivity contribution in [2.24, 2.45) is 0 Å². The summed E-state index contributed by atoms with van der Waals surface area (Å²) >= 11 is 0. The average molecular weight is 423 g/mol. The van der Waals surface area contributed by atoms with Gasteiger partial charge in [0, 0.05) is 37.7 Å². The highest BCUT2D eigenvalue weighted by Crippen LogP contribution is 2.35. The first-order valence-corrected chi connectivity index (χ1v) is 9.56. The minimum absolute atomic E-state index is 0.0774. The maximum absolute atomic E-state index is 14.9. The highest BCUT2D eigenvalue weighted by Gasteiger charge is 2.19. The van der Waals surface area contributed by atoms with Crippen molar-refractivity contribution < 1.29 is 18.6 Å². The number of rotatable bonds is 7. The van der Waals surface area contributed by atoms with Crippen molar-refractivity contribution in [3.63, 3.8) is 0 Å². The van der Waals surface area contributed by atoms with Crippen LogP contribution in [0.4, 0.5) is 10.2 Å². The maximum Gasteiger partial charge on any atom is 0.219 e. The lowest BCUT2D eigenvalue weighted by atomic mass is 10.1. The monoisotopic (exact) mass is 423 g/mol. The summed E-state index contributed by atoms with van der Waals surface area (Å²) in [6.45, 7) is 2.22. The molecule has 0 spiro atoms. The molecule has 0 aliphatic rings. The van der Waals surface area contributed by atoms with E-state index < -0.39 is 12.1 Å². The molecule has 0 saturated carbocycles. The van der Waals surface area contributed by atoms with Crippen molar-refractivity contribution >= 4 is 16.9 Å². The Balaban J connectivity index is 1.74. The van der Waals surface area contributed by atoms with Crippen LogP contribution in [0.3, 0.4) is 0 Å². The zero-order valence-electron chi connectivity index (χ0n) is 17.4.